The summed E-state index contributed by atoms with van der Waals surface area (Å²) >= 11 is 5.82. The summed E-state index contributed by atoms with van der Waals surface area (Å²) in [5, 5.41) is 0. The maximum atomic E-state index is 12.0. The lowest BCUT2D eigenvalue weighted by Gasteiger charge is -2.14. The molecule has 0 N–H and O–H groups in total. The summed E-state index contributed by atoms with van der Waals surface area (Å²) < 4.78 is 30.6. The Bertz CT molecular complexity index is 500. The zero-order valence-corrected chi connectivity index (χ0v) is 12.4. The first-order valence-electron chi connectivity index (χ1n) is 5.67. The van der Waals surface area contributed by atoms with E-state index in [4.69, 9.17) is 16.3 Å². The summed E-state index contributed by atoms with van der Waals surface area (Å²) in [5.41, 5.74) is 0.688. The van der Waals surface area contributed by atoms with Gasteiger partial charge in [0.2, 0.25) is 10.0 Å². The highest BCUT2D eigenvalue weighted by Crippen LogP contribution is 2.25. The molecule has 6 heteroatoms. The molecule has 1 aromatic rings. The first-order valence-corrected chi connectivity index (χ1v) is 7.65. The lowest BCUT2D eigenvalue weighted by Crippen LogP contribution is -2.22. The topological polar surface area (TPSA) is 46.6 Å². The second-order valence-corrected chi connectivity index (χ2v) is 6.46. The smallest absolute Gasteiger partial charge is 0.242 e. The van der Waals surface area contributed by atoms with Gasteiger partial charge >= 0.3 is 0 Å². The molecule has 102 valence electrons. The van der Waals surface area contributed by atoms with E-state index < -0.39 is 10.0 Å². The number of hydrogen-bond donors (Lipinski definition) is 0. The quantitative estimate of drug-likeness (QED) is 0.757. The second-order valence-electron chi connectivity index (χ2n) is 4.04. The Balaban J connectivity index is 3.13. The molecule has 0 radical (unpaired) electrons. The summed E-state index contributed by atoms with van der Waals surface area (Å²) in [6.45, 7) is 2.59. The predicted octanol–water partition coefficient (Wildman–Crippen LogP) is 2.46. The van der Waals surface area contributed by atoms with Crippen molar-refractivity contribution in [2.45, 2.75) is 24.1 Å². The summed E-state index contributed by atoms with van der Waals surface area (Å²) in [6.07, 6.45) is 0.888. The number of halogens is 1. The molecular weight excluding hydrogens is 274 g/mol. The molecule has 0 spiro atoms. The van der Waals surface area contributed by atoms with Gasteiger partial charge in [0.05, 0.1) is 17.4 Å². The van der Waals surface area contributed by atoms with Gasteiger partial charge in [-0.1, -0.05) is 6.92 Å². The third kappa shape index (κ3) is 3.37. The van der Waals surface area contributed by atoms with Crippen molar-refractivity contribution in [2.75, 3.05) is 20.7 Å². The fourth-order valence-corrected chi connectivity index (χ4v) is 2.55. The van der Waals surface area contributed by atoms with Crippen LogP contribution in [0.15, 0.2) is 23.1 Å². The highest BCUT2D eigenvalue weighted by atomic mass is 35.5. The molecule has 18 heavy (non-hydrogen) atoms. The van der Waals surface area contributed by atoms with Crippen LogP contribution in [0.1, 0.15) is 18.9 Å². The molecule has 0 atom stereocenters. The highest BCUT2D eigenvalue weighted by Gasteiger charge is 2.18. The van der Waals surface area contributed by atoms with Crippen LogP contribution in [-0.4, -0.2) is 33.4 Å². The van der Waals surface area contributed by atoms with Crippen LogP contribution in [-0.2, 0) is 15.9 Å². The zero-order chi connectivity index (χ0) is 13.8. The average Bonchev–Trinajstić information content (AvgIpc) is 2.35. The third-order valence-electron chi connectivity index (χ3n) is 2.42. The molecule has 0 saturated heterocycles. The van der Waals surface area contributed by atoms with E-state index in [9.17, 15) is 8.42 Å². The van der Waals surface area contributed by atoms with Gasteiger partial charge in [0.1, 0.15) is 5.75 Å². The van der Waals surface area contributed by atoms with E-state index in [0.29, 0.717) is 17.9 Å². The van der Waals surface area contributed by atoms with Crippen molar-refractivity contribution >= 4 is 21.6 Å². The molecule has 0 aromatic heterocycles. The molecule has 0 unspecified atom stereocenters. The normalized spacial score (nSPS) is 11.8. The molecule has 0 fully saturated rings. The summed E-state index contributed by atoms with van der Waals surface area (Å²) in [5.74, 6) is 0.861. The Morgan fingerprint density at radius 1 is 1.33 bits per heavy atom. The maximum absolute atomic E-state index is 12.0. The van der Waals surface area contributed by atoms with Crippen molar-refractivity contribution in [3.63, 3.8) is 0 Å². The van der Waals surface area contributed by atoms with Crippen LogP contribution in [0.5, 0.6) is 5.75 Å². The lowest BCUT2D eigenvalue weighted by atomic mass is 10.2. The number of alkyl halides is 1. The Kier molecular flexibility index (Phi) is 5.44. The minimum absolute atomic E-state index is 0.218. The summed E-state index contributed by atoms with van der Waals surface area (Å²) in [4.78, 5) is 0.229. The Labute approximate surface area is 114 Å². The predicted molar refractivity (Wildman–Crippen MR) is 72.7 cm³/mol. The molecule has 0 aliphatic rings. The fourth-order valence-electron chi connectivity index (χ4n) is 1.38. The van der Waals surface area contributed by atoms with Crippen LogP contribution in [0.3, 0.4) is 0 Å². The minimum atomic E-state index is -3.43. The number of rotatable bonds is 6. The highest BCUT2D eigenvalue weighted by molar-refractivity contribution is 7.89. The monoisotopic (exact) mass is 291 g/mol. The Morgan fingerprint density at radius 2 is 2.00 bits per heavy atom. The van der Waals surface area contributed by atoms with Crippen LogP contribution in [0.25, 0.3) is 0 Å². The van der Waals surface area contributed by atoms with Gasteiger partial charge in [0, 0.05) is 19.7 Å². The molecule has 0 heterocycles. The molecule has 4 nitrogen and oxygen atoms in total. The molecule has 0 aliphatic carbocycles. The van der Waals surface area contributed by atoms with Gasteiger partial charge in [-0.3, -0.25) is 0 Å². The Morgan fingerprint density at radius 3 is 2.50 bits per heavy atom. The van der Waals surface area contributed by atoms with Gasteiger partial charge in [-0.15, -0.1) is 11.6 Å². The summed E-state index contributed by atoms with van der Waals surface area (Å²) in [7, 11) is -0.433. The van der Waals surface area contributed by atoms with Gasteiger partial charge in [-0.25, -0.2) is 12.7 Å². The van der Waals surface area contributed by atoms with E-state index in [2.05, 4.69) is 0 Å². The molecule has 0 amide bonds. The van der Waals surface area contributed by atoms with E-state index in [1.807, 2.05) is 6.92 Å². The number of nitrogens with zero attached hydrogens (tertiary/aromatic N) is 1. The first-order chi connectivity index (χ1) is 8.43. The van der Waals surface area contributed by atoms with E-state index >= 15 is 0 Å². The van der Waals surface area contributed by atoms with E-state index in [1.54, 1.807) is 12.1 Å². The number of hydrogen-bond acceptors (Lipinski definition) is 3. The first kappa shape index (κ1) is 15.3. The summed E-state index contributed by atoms with van der Waals surface area (Å²) in [6, 6.07) is 4.76. The minimum Gasteiger partial charge on any atom is -0.493 e. The number of sulfonamides is 1. The van der Waals surface area contributed by atoms with Crippen LogP contribution < -0.4 is 4.74 Å². The lowest BCUT2D eigenvalue weighted by molar-refractivity contribution is 0.315. The van der Waals surface area contributed by atoms with E-state index in [1.165, 1.54) is 24.5 Å². The van der Waals surface area contributed by atoms with Crippen molar-refractivity contribution in [3.05, 3.63) is 23.8 Å². The van der Waals surface area contributed by atoms with Gasteiger partial charge in [0.15, 0.2) is 0 Å². The van der Waals surface area contributed by atoms with Crippen molar-refractivity contribution in [2.24, 2.45) is 0 Å². The zero-order valence-electron chi connectivity index (χ0n) is 10.8. The fraction of sp³-hybridized carbons (Fsp3) is 0.500. The van der Waals surface area contributed by atoms with Crippen LogP contribution in [0, 0.1) is 0 Å². The van der Waals surface area contributed by atoms with Gasteiger partial charge < -0.3 is 4.74 Å². The third-order valence-corrected chi connectivity index (χ3v) is 4.52. The van der Waals surface area contributed by atoms with Crippen molar-refractivity contribution < 1.29 is 13.2 Å². The van der Waals surface area contributed by atoms with Crippen molar-refractivity contribution in [1.82, 2.24) is 4.31 Å². The Hall–Kier alpha value is -0.780. The van der Waals surface area contributed by atoms with Crippen LogP contribution in [0.2, 0.25) is 0 Å². The molecule has 1 aromatic carbocycles. The molecule has 0 aliphatic heterocycles. The average molecular weight is 292 g/mol. The molecular formula is C12H18ClNO3S. The van der Waals surface area contributed by atoms with E-state index in [-0.39, 0.29) is 10.8 Å². The molecule has 0 bridgehead atoms. The molecule has 0 saturated carbocycles. The molecule has 1 rings (SSSR count). The van der Waals surface area contributed by atoms with Gasteiger partial charge in [-0.05, 0) is 24.6 Å². The SMILES string of the molecule is CCCOc1ccc(S(=O)(=O)N(C)C)cc1CCl. The number of benzene rings is 1. The largest absolute Gasteiger partial charge is 0.493 e. The maximum Gasteiger partial charge on any atom is 0.242 e. The van der Waals surface area contributed by atoms with Crippen LogP contribution >= 0.6 is 11.6 Å². The second kappa shape index (κ2) is 6.41. The number of ether oxygens (including phenoxy) is 1. The van der Waals surface area contributed by atoms with Gasteiger partial charge in [-0.2, -0.15) is 0 Å². The standard InChI is InChI=1S/C12H18ClNO3S/c1-4-7-17-12-6-5-11(8-10(12)9-13)18(15,16)14(2)3/h5-6,8H,4,7,9H2,1-3H3. The van der Waals surface area contributed by atoms with Crippen LogP contribution in [0.4, 0.5) is 0 Å². The van der Waals surface area contributed by atoms with Crippen molar-refractivity contribution in [1.29, 1.82) is 0 Å². The van der Waals surface area contributed by atoms with Gasteiger partial charge in [0.25, 0.3) is 0 Å². The van der Waals surface area contributed by atoms with Crippen molar-refractivity contribution in [3.8, 4) is 5.75 Å². The van der Waals surface area contributed by atoms with E-state index in [0.717, 1.165) is 6.42 Å².